The molecule has 0 spiro atoms. The van der Waals surface area contributed by atoms with Crippen LogP contribution in [-0.4, -0.2) is 57.5 Å². The van der Waals surface area contributed by atoms with Gasteiger partial charge in [-0.25, -0.2) is 4.98 Å². The van der Waals surface area contributed by atoms with Crippen molar-refractivity contribution in [2.24, 2.45) is 5.92 Å². The van der Waals surface area contributed by atoms with Crippen molar-refractivity contribution < 1.29 is 14.3 Å². The Labute approximate surface area is 138 Å². The van der Waals surface area contributed by atoms with E-state index in [1.165, 1.54) is 7.11 Å². The van der Waals surface area contributed by atoms with Crippen molar-refractivity contribution in [1.82, 2.24) is 4.98 Å². The summed E-state index contributed by atoms with van der Waals surface area (Å²) in [5.74, 6) is 0.643. The number of rotatable bonds is 7. The zero-order chi connectivity index (χ0) is 16.7. The van der Waals surface area contributed by atoms with Gasteiger partial charge in [-0.3, -0.25) is 4.79 Å². The summed E-state index contributed by atoms with van der Waals surface area (Å²) < 4.78 is 10.2. The summed E-state index contributed by atoms with van der Waals surface area (Å²) in [6.07, 6.45) is 2.91. The maximum atomic E-state index is 11.7. The first kappa shape index (κ1) is 17.5. The molecule has 1 aliphatic rings. The molecule has 1 aliphatic heterocycles. The van der Waals surface area contributed by atoms with Gasteiger partial charge in [0, 0.05) is 26.2 Å². The third-order valence-corrected chi connectivity index (χ3v) is 4.02. The van der Waals surface area contributed by atoms with Gasteiger partial charge in [0.2, 0.25) is 0 Å². The van der Waals surface area contributed by atoms with E-state index in [0.717, 1.165) is 50.8 Å². The van der Waals surface area contributed by atoms with E-state index in [1.54, 1.807) is 0 Å². The van der Waals surface area contributed by atoms with Crippen LogP contribution in [0, 0.1) is 5.92 Å². The first-order valence-corrected chi connectivity index (χ1v) is 8.27. The number of esters is 1. The summed E-state index contributed by atoms with van der Waals surface area (Å²) in [5, 5.41) is 0. The number of ether oxygens (including phenoxy) is 2. The van der Waals surface area contributed by atoms with Gasteiger partial charge in [0.25, 0.3) is 0 Å². The summed E-state index contributed by atoms with van der Waals surface area (Å²) in [7, 11) is 1.43. The van der Waals surface area contributed by atoms with E-state index in [0.29, 0.717) is 6.54 Å². The summed E-state index contributed by atoms with van der Waals surface area (Å²) in [4.78, 5) is 20.7. The monoisotopic (exact) mass is 321 g/mol. The van der Waals surface area contributed by atoms with Crippen LogP contribution in [0.4, 0.5) is 11.5 Å². The lowest BCUT2D eigenvalue weighted by molar-refractivity contribution is -0.144. The van der Waals surface area contributed by atoms with Gasteiger partial charge >= 0.3 is 5.97 Å². The lowest BCUT2D eigenvalue weighted by Gasteiger charge is -2.29. The summed E-state index contributed by atoms with van der Waals surface area (Å²) >= 11 is 0. The Balaban J connectivity index is 2.05. The Morgan fingerprint density at radius 1 is 1.43 bits per heavy atom. The quantitative estimate of drug-likeness (QED) is 0.716. The zero-order valence-electron chi connectivity index (χ0n) is 14.3. The van der Waals surface area contributed by atoms with Crippen molar-refractivity contribution in [3.05, 3.63) is 18.3 Å². The number of methoxy groups -OCH3 is 1. The molecule has 0 N–H and O–H groups in total. The number of anilines is 2. The van der Waals surface area contributed by atoms with Crippen LogP contribution in [0.3, 0.4) is 0 Å². The fraction of sp³-hybridized carbons (Fsp3) is 0.647. The second-order valence-electron chi connectivity index (χ2n) is 5.84. The third-order valence-electron chi connectivity index (χ3n) is 4.02. The van der Waals surface area contributed by atoms with Gasteiger partial charge in [-0.15, -0.1) is 0 Å². The fourth-order valence-corrected chi connectivity index (χ4v) is 2.75. The molecule has 0 aliphatic carbocycles. The number of nitrogens with zero attached hydrogens (tertiary/aromatic N) is 3. The van der Waals surface area contributed by atoms with Gasteiger partial charge in [0.1, 0.15) is 5.82 Å². The maximum Gasteiger partial charge on any atom is 0.310 e. The number of pyridine rings is 1. The van der Waals surface area contributed by atoms with Gasteiger partial charge in [-0.1, -0.05) is 13.8 Å². The Bertz CT molecular complexity index is 486. The van der Waals surface area contributed by atoms with E-state index in [2.05, 4.69) is 27.8 Å². The highest BCUT2D eigenvalue weighted by Crippen LogP contribution is 2.20. The minimum absolute atomic E-state index is 0.162. The highest BCUT2D eigenvalue weighted by molar-refractivity contribution is 5.72. The average Bonchev–Trinajstić information content (AvgIpc) is 2.61. The van der Waals surface area contributed by atoms with Crippen LogP contribution >= 0.6 is 0 Å². The summed E-state index contributed by atoms with van der Waals surface area (Å²) in [5.41, 5.74) is 1.04. The molecular formula is C17H27N3O3. The van der Waals surface area contributed by atoms with Gasteiger partial charge < -0.3 is 19.3 Å². The van der Waals surface area contributed by atoms with Crippen LogP contribution in [0.15, 0.2) is 18.3 Å². The van der Waals surface area contributed by atoms with E-state index in [-0.39, 0.29) is 11.9 Å². The number of morpholine rings is 1. The lowest BCUT2D eigenvalue weighted by Crippen LogP contribution is -2.37. The minimum atomic E-state index is -0.177. The smallest absolute Gasteiger partial charge is 0.310 e. The lowest BCUT2D eigenvalue weighted by atomic mass is 10.1. The molecule has 0 radical (unpaired) electrons. The van der Waals surface area contributed by atoms with Crippen molar-refractivity contribution >= 4 is 17.5 Å². The molecule has 6 nitrogen and oxygen atoms in total. The molecule has 6 heteroatoms. The van der Waals surface area contributed by atoms with Gasteiger partial charge in [-0.2, -0.15) is 0 Å². The molecule has 0 aromatic carbocycles. The fourth-order valence-electron chi connectivity index (χ4n) is 2.75. The van der Waals surface area contributed by atoms with Crippen LogP contribution in [-0.2, 0) is 14.3 Å². The topological polar surface area (TPSA) is 54.9 Å². The molecule has 1 saturated heterocycles. The number of aromatic nitrogens is 1. The predicted octanol–water partition coefficient (Wildman–Crippen LogP) is 1.94. The van der Waals surface area contributed by atoms with E-state index in [9.17, 15) is 4.79 Å². The van der Waals surface area contributed by atoms with Crippen LogP contribution in [0.2, 0.25) is 0 Å². The van der Waals surface area contributed by atoms with E-state index in [1.807, 2.05) is 19.2 Å². The Kier molecular flexibility index (Phi) is 6.65. The summed E-state index contributed by atoms with van der Waals surface area (Å²) in [6, 6.07) is 4.13. The van der Waals surface area contributed by atoms with Crippen molar-refractivity contribution in [3.63, 3.8) is 0 Å². The molecule has 0 saturated carbocycles. The first-order valence-electron chi connectivity index (χ1n) is 8.27. The second kappa shape index (κ2) is 8.72. The SMILES string of the molecule is CCCN(CC(C)C(=O)OC)c1ccc(N2CCOCC2)nc1. The number of hydrogen-bond donors (Lipinski definition) is 0. The standard InChI is InChI=1S/C17H27N3O3/c1-4-7-20(13-14(2)17(21)22-3)15-5-6-16(18-12-15)19-8-10-23-11-9-19/h5-6,12,14H,4,7-11,13H2,1-3H3. The van der Waals surface area contributed by atoms with E-state index in [4.69, 9.17) is 9.47 Å². The van der Waals surface area contributed by atoms with Crippen LogP contribution in [0.5, 0.6) is 0 Å². The molecule has 128 valence electrons. The second-order valence-corrected chi connectivity index (χ2v) is 5.84. The van der Waals surface area contributed by atoms with Crippen molar-refractivity contribution in [2.45, 2.75) is 20.3 Å². The number of carbonyl (C=O) groups excluding carboxylic acids is 1. The molecule has 1 atom stereocenters. The molecule has 2 rings (SSSR count). The van der Waals surface area contributed by atoms with Crippen molar-refractivity contribution in [3.8, 4) is 0 Å². The van der Waals surface area contributed by atoms with Crippen LogP contribution in [0.1, 0.15) is 20.3 Å². The largest absolute Gasteiger partial charge is 0.469 e. The average molecular weight is 321 g/mol. The predicted molar refractivity (Wildman–Crippen MR) is 91.0 cm³/mol. The number of carbonyl (C=O) groups is 1. The normalized spacial score (nSPS) is 16.0. The molecule has 2 heterocycles. The number of hydrogen-bond acceptors (Lipinski definition) is 6. The van der Waals surface area contributed by atoms with Crippen LogP contribution < -0.4 is 9.80 Å². The van der Waals surface area contributed by atoms with Gasteiger partial charge in [0.05, 0.1) is 38.1 Å². The summed E-state index contributed by atoms with van der Waals surface area (Å²) in [6.45, 7) is 8.81. The molecule has 1 aromatic heterocycles. The highest BCUT2D eigenvalue weighted by Gasteiger charge is 2.18. The maximum absolute atomic E-state index is 11.7. The molecule has 1 unspecified atom stereocenters. The molecule has 1 aromatic rings. The Morgan fingerprint density at radius 3 is 2.74 bits per heavy atom. The molecule has 1 fully saturated rings. The van der Waals surface area contributed by atoms with Crippen molar-refractivity contribution in [2.75, 3.05) is 56.3 Å². The molecular weight excluding hydrogens is 294 g/mol. The molecule has 0 bridgehead atoms. The Hall–Kier alpha value is -1.82. The van der Waals surface area contributed by atoms with E-state index >= 15 is 0 Å². The van der Waals surface area contributed by atoms with Crippen molar-refractivity contribution in [1.29, 1.82) is 0 Å². The first-order chi connectivity index (χ1) is 11.2. The zero-order valence-corrected chi connectivity index (χ0v) is 14.3. The van der Waals surface area contributed by atoms with E-state index < -0.39 is 0 Å². The van der Waals surface area contributed by atoms with Crippen LogP contribution in [0.25, 0.3) is 0 Å². The minimum Gasteiger partial charge on any atom is -0.469 e. The highest BCUT2D eigenvalue weighted by atomic mass is 16.5. The third kappa shape index (κ3) is 4.82. The Morgan fingerprint density at radius 2 is 2.17 bits per heavy atom. The molecule has 0 amide bonds. The molecule has 23 heavy (non-hydrogen) atoms. The van der Waals surface area contributed by atoms with Gasteiger partial charge in [0.15, 0.2) is 0 Å². The van der Waals surface area contributed by atoms with Gasteiger partial charge in [-0.05, 0) is 18.6 Å².